The molecule has 1 heterocycles. The summed E-state index contributed by atoms with van der Waals surface area (Å²) < 4.78 is 13.6. The second kappa shape index (κ2) is 5.48. The fourth-order valence-electron chi connectivity index (χ4n) is 1.83. The molecule has 0 amide bonds. The Bertz CT molecular complexity index is 602. The van der Waals surface area contributed by atoms with E-state index in [1.54, 1.807) is 31.2 Å². The summed E-state index contributed by atoms with van der Waals surface area (Å²) in [6, 6.07) is 7.59. The number of pyridine rings is 1. The van der Waals surface area contributed by atoms with Crippen molar-refractivity contribution in [3.63, 3.8) is 0 Å². The lowest BCUT2D eigenvalue weighted by atomic mass is 10.1. The monoisotopic (exact) mass is 260 g/mol. The van der Waals surface area contributed by atoms with E-state index < -0.39 is 5.97 Å². The standard InChI is InChI=1S/C14H13FN2O2/c1-9(10-4-2-3-5-12(10)15)17-13-6-7-16-8-11(13)14(18)19/h2-9H,1H3,(H,16,17)(H,18,19). The molecule has 0 saturated heterocycles. The third-order valence-electron chi connectivity index (χ3n) is 2.80. The van der Waals surface area contributed by atoms with E-state index in [4.69, 9.17) is 5.11 Å². The Balaban J connectivity index is 2.27. The lowest BCUT2D eigenvalue weighted by Crippen LogP contribution is -2.12. The molecule has 0 aliphatic carbocycles. The summed E-state index contributed by atoms with van der Waals surface area (Å²) in [4.78, 5) is 14.8. The summed E-state index contributed by atoms with van der Waals surface area (Å²) in [6.45, 7) is 1.77. The number of carboxylic acids is 1. The predicted molar refractivity (Wildman–Crippen MR) is 69.6 cm³/mol. The Hall–Kier alpha value is -2.43. The van der Waals surface area contributed by atoms with Crippen LogP contribution in [-0.4, -0.2) is 16.1 Å². The number of aromatic nitrogens is 1. The summed E-state index contributed by atoms with van der Waals surface area (Å²) in [5.41, 5.74) is 0.958. The van der Waals surface area contributed by atoms with Gasteiger partial charge in [0.2, 0.25) is 0 Å². The molecule has 4 nitrogen and oxygen atoms in total. The van der Waals surface area contributed by atoms with E-state index in [1.165, 1.54) is 18.5 Å². The maximum absolute atomic E-state index is 13.6. The lowest BCUT2D eigenvalue weighted by Gasteiger charge is -2.17. The van der Waals surface area contributed by atoms with Gasteiger partial charge in [-0.15, -0.1) is 0 Å². The molecule has 0 spiro atoms. The fourth-order valence-corrected chi connectivity index (χ4v) is 1.83. The highest BCUT2D eigenvalue weighted by Crippen LogP contribution is 2.23. The molecule has 2 aromatic rings. The number of hydrogen-bond acceptors (Lipinski definition) is 3. The van der Waals surface area contributed by atoms with Crippen LogP contribution in [0.25, 0.3) is 0 Å². The summed E-state index contributed by atoms with van der Waals surface area (Å²) in [7, 11) is 0. The van der Waals surface area contributed by atoms with Crippen LogP contribution >= 0.6 is 0 Å². The van der Waals surface area contributed by atoms with Crippen LogP contribution in [0.1, 0.15) is 28.9 Å². The largest absolute Gasteiger partial charge is 0.478 e. The summed E-state index contributed by atoms with van der Waals surface area (Å²) in [6.07, 6.45) is 2.75. The molecule has 0 saturated carbocycles. The van der Waals surface area contributed by atoms with Gasteiger partial charge in [-0.2, -0.15) is 0 Å². The van der Waals surface area contributed by atoms with E-state index in [0.717, 1.165) is 0 Å². The van der Waals surface area contributed by atoms with Crippen LogP contribution in [0.15, 0.2) is 42.7 Å². The average Bonchev–Trinajstić information content (AvgIpc) is 2.39. The smallest absolute Gasteiger partial charge is 0.339 e. The number of carbonyl (C=O) groups is 1. The first-order valence-electron chi connectivity index (χ1n) is 5.78. The van der Waals surface area contributed by atoms with E-state index in [-0.39, 0.29) is 17.4 Å². The molecule has 0 aliphatic rings. The van der Waals surface area contributed by atoms with Crippen molar-refractivity contribution in [2.75, 3.05) is 5.32 Å². The molecule has 5 heteroatoms. The number of nitrogens with one attached hydrogen (secondary N) is 1. The number of hydrogen-bond donors (Lipinski definition) is 2. The Kier molecular flexibility index (Phi) is 3.75. The number of nitrogens with zero attached hydrogens (tertiary/aromatic N) is 1. The molecule has 0 radical (unpaired) electrons. The lowest BCUT2D eigenvalue weighted by molar-refractivity contribution is 0.0697. The van der Waals surface area contributed by atoms with Gasteiger partial charge in [-0.3, -0.25) is 4.98 Å². The van der Waals surface area contributed by atoms with E-state index in [0.29, 0.717) is 11.3 Å². The van der Waals surface area contributed by atoms with Crippen LogP contribution < -0.4 is 5.32 Å². The zero-order valence-electron chi connectivity index (χ0n) is 10.3. The molecular weight excluding hydrogens is 247 g/mol. The Morgan fingerprint density at radius 1 is 1.37 bits per heavy atom. The molecule has 19 heavy (non-hydrogen) atoms. The van der Waals surface area contributed by atoms with Crippen molar-refractivity contribution in [1.29, 1.82) is 0 Å². The van der Waals surface area contributed by atoms with Gasteiger partial charge in [0.1, 0.15) is 11.4 Å². The van der Waals surface area contributed by atoms with Gasteiger partial charge in [-0.25, -0.2) is 9.18 Å². The van der Waals surface area contributed by atoms with Gasteiger partial charge < -0.3 is 10.4 Å². The number of halogens is 1. The van der Waals surface area contributed by atoms with Crippen molar-refractivity contribution in [2.45, 2.75) is 13.0 Å². The molecule has 0 aliphatic heterocycles. The molecule has 98 valence electrons. The Labute approximate surface area is 109 Å². The first-order chi connectivity index (χ1) is 9.09. The maximum Gasteiger partial charge on any atom is 0.339 e. The van der Waals surface area contributed by atoms with Gasteiger partial charge in [0.25, 0.3) is 0 Å². The average molecular weight is 260 g/mol. The molecule has 1 atom stereocenters. The topological polar surface area (TPSA) is 62.2 Å². The fraction of sp³-hybridized carbons (Fsp3) is 0.143. The highest BCUT2D eigenvalue weighted by molar-refractivity contribution is 5.93. The zero-order valence-corrected chi connectivity index (χ0v) is 10.3. The minimum absolute atomic E-state index is 0.0608. The molecule has 2 rings (SSSR count). The van der Waals surface area contributed by atoms with Crippen molar-refractivity contribution in [3.05, 3.63) is 59.7 Å². The van der Waals surface area contributed by atoms with Crippen LogP contribution in [0, 0.1) is 5.82 Å². The van der Waals surface area contributed by atoms with Gasteiger partial charge >= 0.3 is 5.97 Å². The molecule has 1 unspecified atom stereocenters. The van der Waals surface area contributed by atoms with Gasteiger partial charge in [0.15, 0.2) is 0 Å². The van der Waals surface area contributed by atoms with Crippen LogP contribution in [0.4, 0.5) is 10.1 Å². The van der Waals surface area contributed by atoms with Gasteiger partial charge in [0.05, 0.1) is 11.7 Å². The van der Waals surface area contributed by atoms with Crippen LogP contribution in [-0.2, 0) is 0 Å². The summed E-state index contributed by atoms with van der Waals surface area (Å²) in [5, 5.41) is 12.0. The van der Waals surface area contributed by atoms with E-state index in [1.807, 2.05) is 0 Å². The van der Waals surface area contributed by atoms with Gasteiger partial charge in [-0.05, 0) is 19.1 Å². The van der Waals surface area contributed by atoms with Crippen molar-refractivity contribution in [1.82, 2.24) is 4.98 Å². The predicted octanol–water partition coefficient (Wildman–Crippen LogP) is 3.09. The molecular formula is C14H13FN2O2. The van der Waals surface area contributed by atoms with E-state index in [2.05, 4.69) is 10.3 Å². The summed E-state index contributed by atoms with van der Waals surface area (Å²) in [5.74, 6) is -1.40. The first kappa shape index (κ1) is 13.0. The third kappa shape index (κ3) is 2.88. The van der Waals surface area contributed by atoms with Gasteiger partial charge in [0, 0.05) is 18.0 Å². The van der Waals surface area contributed by atoms with Crippen LogP contribution in [0.2, 0.25) is 0 Å². The van der Waals surface area contributed by atoms with Crippen molar-refractivity contribution >= 4 is 11.7 Å². The number of benzene rings is 1. The summed E-state index contributed by atoms with van der Waals surface area (Å²) >= 11 is 0. The Morgan fingerprint density at radius 3 is 2.79 bits per heavy atom. The Morgan fingerprint density at radius 2 is 2.11 bits per heavy atom. The molecule has 0 bridgehead atoms. The van der Waals surface area contributed by atoms with E-state index in [9.17, 15) is 9.18 Å². The van der Waals surface area contributed by atoms with Crippen molar-refractivity contribution in [3.8, 4) is 0 Å². The normalized spacial score (nSPS) is 11.9. The number of carboxylic acid groups (broad SMARTS) is 1. The maximum atomic E-state index is 13.6. The van der Waals surface area contributed by atoms with E-state index >= 15 is 0 Å². The van der Waals surface area contributed by atoms with Crippen molar-refractivity contribution in [2.24, 2.45) is 0 Å². The SMILES string of the molecule is CC(Nc1ccncc1C(=O)O)c1ccccc1F. The number of rotatable bonds is 4. The van der Waals surface area contributed by atoms with Crippen LogP contribution in [0.5, 0.6) is 0 Å². The highest BCUT2D eigenvalue weighted by atomic mass is 19.1. The number of aromatic carboxylic acids is 1. The zero-order chi connectivity index (χ0) is 13.8. The minimum atomic E-state index is -1.07. The number of anilines is 1. The quantitative estimate of drug-likeness (QED) is 0.886. The molecule has 2 N–H and O–H groups in total. The van der Waals surface area contributed by atoms with Gasteiger partial charge in [-0.1, -0.05) is 18.2 Å². The second-order valence-electron chi connectivity index (χ2n) is 4.11. The molecule has 1 aromatic heterocycles. The second-order valence-corrected chi connectivity index (χ2v) is 4.11. The van der Waals surface area contributed by atoms with Crippen LogP contribution in [0.3, 0.4) is 0 Å². The third-order valence-corrected chi connectivity index (χ3v) is 2.80. The minimum Gasteiger partial charge on any atom is -0.478 e. The first-order valence-corrected chi connectivity index (χ1v) is 5.78. The highest BCUT2D eigenvalue weighted by Gasteiger charge is 2.14. The van der Waals surface area contributed by atoms with Crippen molar-refractivity contribution < 1.29 is 14.3 Å². The molecule has 1 aromatic carbocycles. The molecule has 0 fully saturated rings.